The Bertz CT molecular complexity index is 328. The molecule has 0 aliphatic carbocycles. The van der Waals surface area contributed by atoms with Gasteiger partial charge in [-0.3, -0.25) is 0 Å². The Morgan fingerprint density at radius 3 is 3.06 bits per heavy atom. The number of unbranched alkanes of at least 4 members (excludes halogenated alkanes) is 1. The highest BCUT2D eigenvalue weighted by atomic mass is 15.3. The summed E-state index contributed by atoms with van der Waals surface area (Å²) in [6.45, 7) is 5.61. The second kappa shape index (κ2) is 6.05. The largest absolute Gasteiger partial charge is 0.341 e. The zero-order chi connectivity index (χ0) is 12.1. The lowest BCUT2D eigenvalue weighted by Crippen LogP contribution is -2.39. The maximum Gasteiger partial charge on any atom is 0.205 e. The molecule has 2 rings (SSSR count). The molecule has 0 aromatic carbocycles. The van der Waals surface area contributed by atoms with Gasteiger partial charge in [0.25, 0.3) is 0 Å². The van der Waals surface area contributed by atoms with Crippen LogP contribution in [0.2, 0.25) is 0 Å². The van der Waals surface area contributed by atoms with Crippen molar-refractivity contribution < 1.29 is 0 Å². The van der Waals surface area contributed by atoms with Crippen LogP contribution < -0.4 is 10.2 Å². The van der Waals surface area contributed by atoms with Crippen molar-refractivity contribution in [3.8, 4) is 0 Å². The fourth-order valence-electron chi connectivity index (χ4n) is 2.46. The maximum atomic E-state index is 4.47. The summed E-state index contributed by atoms with van der Waals surface area (Å²) in [6, 6.07) is 0.642. The molecular weight excluding hydrogens is 212 g/mol. The van der Waals surface area contributed by atoms with Gasteiger partial charge < -0.3 is 14.8 Å². The van der Waals surface area contributed by atoms with E-state index < -0.39 is 0 Å². The minimum Gasteiger partial charge on any atom is -0.341 e. The molecule has 1 unspecified atom stereocenters. The van der Waals surface area contributed by atoms with Gasteiger partial charge in [0.1, 0.15) is 0 Å². The minimum absolute atomic E-state index is 0.642. The van der Waals surface area contributed by atoms with Crippen molar-refractivity contribution in [2.45, 2.75) is 38.6 Å². The van der Waals surface area contributed by atoms with Gasteiger partial charge in [0.15, 0.2) is 0 Å². The van der Waals surface area contributed by atoms with Crippen LogP contribution in [0.25, 0.3) is 0 Å². The van der Waals surface area contributed by atoms with Crippen LogP contribution in [0.15, 0.2) is 12.4 Å². The third-order valence-corrected chi connectivity index (χ3v) is 3.46. The Kier molecular flexibility index (Phi) is 4.42. The van der Waals surface area contributed by atoms with Crippen LogP contribution in [0.4, 0.5) is 5.95 Å². The van der Waals surface area contributed by atoms with Gasteiger partial charge >= 0.3 is 0 Å². The minimum atomic E-state index is 0.642. The highest BCUT2D eigenvalue weighted by Crippen LogP contribution is 2.14. The maximum absolute atomic E-state index is 4.47. The van der Waals surface area contributed by atoms with Gasteiger partial charge in [0.2, 0.25) is 5.95 Å². The van der Waals surface area contributed by atoms with E-state index in [0.29, 0.717) is 6.04 Å². The van der Waals surface area contributed by atoms with Gasteiger partial charge in [-0.15, -0.1) is 0 Å². The van der Waals surface area contributed by atoms with E-state index in [1.165, 1.54) is 32.2 Å². The number of anilines is 1. The third kappa shape index (κ3) is 3.22. The molecule has 1 aliphatic rings. The zero-order valence-electron chi connectivity index (χ0n) is 11.0. The van der Waals surface area contributed by atoms with E-state index >= 15 is 0 Å². The first-order valence-electron chi connectivity index (χ1n) is 6.77. The molecule has 1 atom stereocenters. The quantitative estimate of drug-likeness (QED) is 0.817. The molecular formula is C13H24N4. The summed E-state index contributed by atoms with van der Waals surface area (Å²) in [5.74, 6) is 1.10. The van der Waals surface area contributed by atoms with Crippen molar-refractivity contribution in [3.63, 3.8) is 0 Å². The summed E-state index contributed by atoms with van der Waals surface area (Å²) in [4.78, 5) is 6.90. The molecule has 2 heterocycles. The Hall–Kier alpha value is -1.03. The fraction of sp³-hybridized carbons (Fsp3) is 0.769. The summed E-state index contributed by atoms with van der Waals surface area (Å²) < 4.78 is 2.12. The molecule has 0 bridgehead atoms. The van der Waals surface area contributed by atoms with Crippen molar-refractivity contribution in [2.75, 3.05) is 24.5 Å². The Balaban J connectivity index is 1.99. The van der Waals surface area contributed by atoms with Gasteiger partial charge in [0.05, 0.1) is 0 Å². The van der Waals surface area contributed by atoms with Crippen LogP contribution in [0, 0.1) is 0 Å². The molecule has 1 saturated heterocycles. The summed E-state index contributed by atoms with van der Waals surface area (Å²) in [6.07, 6.45) is 8.99. The number of nitrogens with zero attached hydrogens (tertiary/aromatic N) is 3. The predicted molar refractivity (Wildman–Crippen MR) is 71.4 cm³/mol. The molecule has 96 valence electrons. The smallest absolute Gasteiger partial charge is 0.205 e. The van der Waals surface area contributed by atoms with Crippen LogP contribution >= 0.6 is 0 Å². The third-order valence-electron chi connectivity index (χ3n) is 3.46. The second-order valence-corrected chi connectivity index (χ2v) is 4.93. The summed E-state index contributed by atoms with van der Waals surface area (Å²) in [5.41, 5.74) is 0. The molecule has 1 aromatic heterocycles. The van der Waals surface area contributed by atoms with Gasteiger partial charge in [-0.05, 0) is 25.8 Å². The van der Waals surface area contributed by atoms with E-state index in [1.54, 1.807) is 0 Å². The highest BCUT2D eigenvalue weighted by Gasteiger charge is 2.19. The normalized spacial score (nSPS) is 19.8. The van der Waals surface area contributed by atoms with E-state index in [-0.39, 0.29) is 0 Å². The average Bonchev–Trinajstić information content (AvgIpc) is 2.95. The summed E-state index contributed by atoms with van der Waals surface area (Å²) >= 11 is 0. The number of rotatable bonds is 6. The number of imidazole rings is 1. The molecule has 1 aliphatic heterocycles. The Morgan fingerprint density at radius 2 is 2.47 bits per heavy atom. The van der Waals surface area contributed by atoms with E-state index in [9.17, 15) is 0 Å². The molecule has 1 fully saturated rings. The van der Waals surface area contributed by atoms with Crippen molar-refractivity contribution >= 4 is 5.95 Å². The lowest BCUT2D eigenvalue weighted by Gasteiger charge is -2.26. The lowest BCUT2D eigenvalue weighted by atomic mass is 10.2. The molecule has 4 heteroatoms. The van der Waals surface area contributed by atoms with Gasteiger partial charge in [-0.2, -0.15) is 0 Å². The first-order chi connectivity index (χ1) is 8.31. The van der Waals surface area contributed by atoms with Crippen LogP contribution in [-0.2, 0) is 7.05 Å². The van der Waals surface area contributed by atoms with E-state index in [4.69, 9.17) is 0 Å². The number of nitrogens with one attached hydrogen (secondary N) is 1. The summed E-state index contributed by atoms with van der Waals surface area (Å²) in [7, 11) is 2.07. The van der Waals surface area contributed by atoms with E-state index in [2.05, 4.69) is 33.7 Å². The van der Waals surface area contributed by atoms with Crippen molar-refractivity contribution in [1.82, 2.24) is 14.9 Å². The van der Waals surface area contributed by atoms with Crippen molar-refractivity contribution in [1.29, 1.82) is 0 Å². The Labute approximate surface area is 104 Å². The predicted octanol–water partition coefficient (Wildman–Crippen LogP) is 1.78. The molecule has 1 N–H and O–H groups in total. The SMILES string of the molecule is CCCCN(CC1CCCN1)c1nccn1C. The van der Waals surface area contributed by atoms with Gasteiger partial charge in [-0.1, -0.05) is 13.3 Å². The first-order valence-corrected chi connectivity index (χ1v) is 6.77. The van der Waals surface area contributed by atoms with Crippen LogP contribution in [0.3, 0.4) is 0 Å². The second-order valence-electron chi connectivity index (χ2n) is 4.93. The van der Waals surface area contributed by atoms with E-state index in [0.717, 1.165) is 19.0 Å². The Morgan fingerprint density at radius 1 is 1.59 bits per heavy atom. The highest BCUT2D eigenvalue weighted by molar-refractivity contribution is 5.31. The van der Waals surface area contributed by atoms with Crippen molar-refractivity contribution in [3.05, 3.63) is 12.4 Å². The molecule has 4 nitrogen and oxygen atoms in total. The molecule has 17 heavy (non-hydrogen) atoms. The lowest BCUT2D eigenvalue weighted by molar-refractivity contribution is 0.561. The van der Waals surface area contributed by atoms with Crippen molar-refractivity contribution in [2.24, 2.45) is 7.05 Å². The first kappa shape index (κ1) is 12.4. The monoisotopic (exact) mass is 236 g/mol. The molecule has 1 aromatic rings. The number of aryl methyl sites for hydroxylation is 1. The molecule has 0 amide bonds. The van der Waals surface area contributed by atoms with Gasteiger partial charge in [0, 0.05) is 38.6 Å². The average molecular weight is 236 g/mol. The molecule has 0 saturated carbocycles. The number of aromatic nitrogens is 2. The topological polar surface area (TPSA) is 33.1 Å². The fourth-order valence-corrected chi connectivity index (χ4v) is 2.46. The van der Waals surface area contributed by atoms with Crippen LogP contribution in [0.1, 0.15) is 32.6 Å². The molecule has 0 radical (unpaired) electrons. The van der Waals surface area contributed by atoms with Gasteiger partial charge in [-0.25, -0.2) is 4.98 Å². The van der Waals surface area contributed by atoms with Crippen LogP contribution in [0.5, 0.6) is 0 Å². The van der Waals surface area contributed by atoms with Crippen LogP contribution in [-0.4, -0.2) is 35.2 Å². The standard InChI is InChI=1S/C13H24N4/c1-3-4-9-17(11-12-6-5-7-14-12)13-15-8-10-16(13)2/h8,10,12,14H,3-7,9,11H2,1-2H3. The number of hydrogen-bond donors (Lipinski definition) is 1. The number of hydrogen-bond acceptors (Lipinski definition) is 3. The summed E-state index contributed by atoms with van der Waals surface area (Å²) in [5, 5.41) is 3.57. The van der Waals surface area contributed by atoms with E-state index in [1.807, 2.05) is 12.4 Å². The molecule has 0 spiro atoms. The zero-order valence-corrected chi connectivity index (χ0v) is 11.0.